The van der Waals surface area contributed by atoms with Gasteiger partial charge in [0.05, 0.1) is 12.1 Å². The average molecular weight is 327 g/mol. The standard InChI is InChI=1S/C13H17N3O3S2/c1-19-7-5-14-10(17)3-2-6-16-12(18)11-9(4-8-21-11)15-13(16)20/h4,8H,2-3,5-7H2,1H3,(H,14,17)(H,15,20). The van der Waals surface area contributed by atoms with Crippen molar-refractivity contribution < 1.29 is 9.53 Å². The summed E-state index contributed by atoms with van der Waals surface area (Å²) in [6.45, 7) is 1.42. The van der Waals surface area contributed by atoms with Crippen LogP contribution in [0.25, 0.3) is 10.2 Å². The van der Waals surface area contributed by atoms with Gasteiger partial charge in [-0.25, -0.2) is 0 Å². The van der Waals surface area contributed by atoms with Gasteiger partial charge in [0.25, 0.3) is 5.56 Å². The van der Waals surface area contributed by atoms with Gasteiger partial charge in [0.2, 0.25) is 5.91 Å². The zero-order valence-corrected chi connectivity index (χ0v) is 13.3. The summed E-state index contributed by atoms with van der Waals surface area (Å²) < 4.78 is 7.42. The number of H-pyrrole nitrogens is 1. The Bertz CT molecular complexity index is 732. The predicted octanol–water partition coefficient (Wildman–Crippen LogP) is 1.66. The Balaban J connectivity index is 1.96. The van der Waals surface area contributed by atoms with E-state index < -0.39 is 0 Å². The molecule has 2 rings (SSSR count). The molecule has 0 aromatic carbocycles. The molecule has 0 aliphatic heterocycles. The zero-order valence-electron chi connectivity index (χ0n) is 11.7. The lowest BCUT2D eigenvalue weighted by Crippen LogP contribution is -2.27. The first-order valence-electron chi connectivity index (χ1n) is 6.59. The minimum Gasteiger partial charge on any atom is -0.383 e. The molecule has 2 N–H and O–H groups in total. The summed E-state index contributed by atoms with van der Waals surface area (Å²) in [7, 11) is 1.58. The summed E-state index contributed by atoms with van der Waals surface area (Å²) in [4.78, 5) is 26.9. The van der Waals surface area contributed by atoms with Crippen molar-refractivity contribution in [1.29, 1.82) is 0 Å². The summed E-state index contributed by atoms with van der Waals surface area (Å²) in [5.74, 6) is -0.0489. The number of carbonyl (C=O) groups is 1. The molecule has 0 saturated carbocycles. The quantitative estimate of drug-likeness (QED) is 0.599. The number of aromatic amines is 1. The summed E-state index contributed by atoms with van der Waals surface area (Å²) >= 11 is 6.58. The van der Waals surface area contributed by atoms with Gasteiger partial charge < -0.3 is 15.0 Å². The molecular weight excluding hydrogens is 310 g/mol. The summed E-state index contributed by atoms with van der Waals surface area (Å²) in [6.07, 6.45) is 0.917. The van der Waals surface area contributed by atoms with Crippen molar-refractivity contribution in [1.82, 2.24) is 14.9 Å². The molecule has 2 heterocycles. The number of fused-ring (bicyclic) bond motifs is 1. The zero-order chi connectivity index (χ0) is 15.2. The average Bonchev–Trinajstić information content (AvgIpc) is 2.91. The van der Waals surface area contributed by atoms with Crippen LogP contribution in [0.2, 0.25) is 0 Å². The number of aromatic nitrogens is 2. The Morgan fingerprint density at radius 3 is 3.14 bits per heavy atom. The van der Waals surface area contributed by atoms with Crippen LogP contribution in [0.1, 0.15) is 12.8 Å². The van der Waals surface area contributed by atoms with Gasteiger partial charge in [-0.3, -0.25) is 14.2 Å². The molecule has 8 heteroatoms. The number of ether oxygens (including phenoxy) is 1. The maximum Gasteiger partial charge on any atom is 0.272 e. The first-order valence-corrected chi connectivity index (χ1v) is 7.88. The number of carbonyl (C=O) groups excluding carboxylic acids is 1. The largest absolute Gasteiger partial charge is 0.383 e. The molecule has 21 heavy (non-hydrogen) atoms. The van der Waals surface area contributed by atoms with E-state index in [1.807, 2.05) is 11.4 Å². The van der Waals surface area contributed by atoms with Gasteiger partial charge in [-0.15, -0.1) is 11.3 Å². The number of amides is 1. The van der Waals surface area contributed by atoms with Crippen molar-refractivity contribution in [3.05, 3.63) is 26.6 Å². The van der Waals surface area contributed by atoms with Crippen molar-refractivity contribution in [3.63, 3.8) is 0 Å². The van der Waals surface area contributed by atoms with Crippen molar-refractivity contribution in [3.8, 4) is 0 Å². The van der Waals surface area contributed by atoms with E-state index in [2.05, 4.69) is 10.3 Å². The maximum atomic E-state index is 12.3. The van der Waals surface area contributed by atoms with Gasteiger partial charge in [0.1, 0.15) is 4.70 Å². The van der Waals surface area contributed by atoms with Crippen LogP contribution in [0.15, 0.2) is 16.2 Å². The number of nitrogens with zero attached hydrogens (tertiary/aromatic N) is 1. The third-order valence-corrected chi connectivity index (χ3v) is 4.23. The van der Waals surface area contributed by atoms with Crippen molar-refractivity contribution in [2.45, 2.75) is 19.4 Å². The van der Waals surface area contributed by atoms with E-state index in [1.54, 1.807) is 7.11 Å². The van der Waals surface area contributed by atoms with Crippen molar-refractivity contribution in [2.75, 3.05) is 20.3 Å². The first-order chi connectivity index (χ1) is 10.1. The van der Waals surface area contributed by atoms with Gasteiger partial charge in [0, 0.05) is 26.6 Å². The lowest BCUT2D eigenvalue weighted by molar-refractivity contribution is -0.121. The molecule has 2 aromatic rings. The fraction of sp³-hybridized carbons (Fsp3) is 0.462. The van der Waals surface area contributed by atoms with E-state index in [1.165, 1.54) is 15.9 Å². The minimum atomic E-state index is -0.0939. The molecule has 0 fully saturated rings. The van der Waals surface area contributed by atoms with E-state index in [0.29, 0.717) is 42.0 Å². The van der Waals surface area contributed by atoms with Crippen LogP contribution in [0.3, 0.4) is 0 Å². The Hall–Kier alpha value is -1.51. The van der Waals surface area contributed by atoms with Gasteiger partial charge in [-0.2, -0.15) is 0 Å². The van der Waals surface area contributed by atoms with Gasteiger partial charge in [-0.05, 0) is 30.1 Å². The second-order valence-electron chi connectivity index (χ2n) is 4.50. The highest BCUT2D eigenvalue weighted by Crippen LogP contribution is 2.14. The highest BCUT2D eigenvalue weighted by Gasteiger charge is 2.07. The number of methoxy groups -OCH3 is 1. The van der Waals surface area contributed by atoms with E-state index in [0.717, 1.165) is 5.52 Å². The van der Waals surface area contributed by atoms with Crippen LogP contribution in [-0.2, 0) is 16.1 Å². The van der Waals surface area contributed by atoms with E-state index in [4.69, 9.17) is 17.0 Å². The van der Waals surface area contributed by atoms with Gasteiger partial charge >= 0.3 is 0 Å². The Morgan fingerprint density at radius 2 is 2.38 bits per heavy atom. The van der Waals surface area contributed by atoms with Gasteiger partial charge in [-0.1, -0.05) is 0 Å². The summed E-state index contributed by atoms with van der Waals surface area (Å²) in [5.41, 5.74) is 0.673. The molecule has 1 amide bonds. The molecule has 2 aromatic heterocycles. The molecule has 0 bridgehead atoms. The van der Waals surface area contributed by atoms with Crippen LogP contribution in [0.5, 0.6) is 0 Å². The summed E-state index contributed by atoms with van der Waals surface area (Å²) in [6, 6.07) is 1.84. The van der Waals surface area contributed by atoms with E-state index >= 15 is 0 Å². The molecule has 0 spiro atoms. The molecule has 0 radical (unpaired) electrons. The molecule has 0 saturated heterocycles. The van der Waals surface area contributed by atoms with Crippen molar-refractivity contribution >= 4 is 39.7 Å². The number of thiophene rings is 1. The number of hydrogen-bond acceptors (Lipinski definition) is 5. The molecule has 0 aliphatic rings. The van der Waals surface area contributed by atoms with Crippen LogP contribution in [0.4, 0.5) is 0 Å². The monoisotopic (exact) mass is 327 g/mol. The minimum absolute atomic E-state index is 0.0489. The smallest absolute Gasteiger partial charge is 0.272 e. The number of hydrogen-bond donors (Lipinski definition) is 2. The topological polar surface area (TPSA) is 76.1 Å². The lowest BCUT2D eigenvalue weighted by atomic mass is 10.3. The van der Waals surface area contributed by atoms with Gasteiger partial charge in [0.15, 0.2) is 4.77 Å². The molecule has 0 atom stereocenters. The SMILES string of the molecule is COCCNC(=O)CCCn1c(=S)[nH]c2ccsc2c1=O. The second kappa shape index (κ2) is 7.48. The van der Waals surface area contributed by atoms with Crippen LogP contribution >= 0.6 is 23.6 Å². The van der Waals surface area contributed by atoms with Crippen LogP contribution in [-0.4, -0.2) is 35.7 Å². The first kappa shape index (κ1) is 15.9. The molecule has 114 valence electrons. The number of nitrogens with one attached hydrogen (secondary N) is 2. The predicted molar refractivity (Wildman–Crippen MR) is 85.4 cm³/mol. The molecule has 0 aliphatic carbocycles. The molecule has 0 unspecified atom stereocenters. The fourth-order valence-electron chi connectivity index (χ4n) is 1.95. The molecule has 6 nitrogen and oxygen atoms in total. The third kappa shape index (κ3) is 3.99. The second-order valence-corrected chi connectivity index (χ2v) is 5.80. The highest BCUT2D eigenvalue weighted by atomic mass is 32.1. The Morgan fingerprint density at radius 1 is 1.57 bits per heavy atom. The highest BCUT2D eigenvalue weighted by molar-refractivity contribution is 7.71. The van der Waals surface area contributed by atoms with E-state index in [9.17, 15) is 9.59 Å². The Kier molecular flexibility index (Phi) is 5.66. The fourth-order valence-corrected chi connectivity index (χ4v) is 3.03. The maximum absolute atomic E-state index is 12.3. The van der Waals surface area contributed by atoms with Crippen LogP contribution < -0.4 is 10.9 Å². The van der Waals surface area contributed by atoms with E-state index in [-0.39, 0.29) is 11.5 Å². The third-order valence-electron chi connectivity index (χ3n) is 3.01. The Labute approximate surface area is 130 Å². The normalized spacial score (nSPS) is 10.9. The number of rotatable bonds is 7. The molecular formula is C13H17N3O3S2. The lowest BCUT2D eigenvalue weighted by Gasteiger charge is -2.07. The van der Waals surface area contributed by atoms with Crippen molar-refractivity contribution in [2.24, 2.45) is 0 Å². The summed E-state index contributed by atoms with van der Waals surface area (Å²) in [5, 5.41) is 4.59. The van der Waals surface area contributed by atoms with Crippen LogP contribution in [0, 0.1) is 4.77 Å².